The molecule has 3 atom stereocenters. The molecule has 1 aromatic heterocycles. The van der Waals surface area contributed by atoms with Crippen LogP contribution in [-0.2, 0) is 4.79 Å². The summed E-state index contributed by atoms with van der Waals surface area (Å²) in [6.45, 7) is 0. The molecule has 2 N–H and O–H groups in total. The minimum absolute atomic E-state index is 0.154. The van der Waals surface area contributed by atoms with Crippen LogP contribution in [0, 0.1) is 0 Å². The predicted octanol–water partition coefficient (Wildman–Crippen LogP) is 2.24. The standard InChI is InChI=1S/C19H23N3O3/c1-22(18(23)11-10-14-12-20-13-21-14)16-8-5-9-17(19(16)24)25-15-6-3-2-4-7-15/h2-4,6-7,10-13,16-17,19,24H,5,8-9H2,1H3,(H,20,21)/t16-,17-,19-/m1/s1. The van der Waals surface area contributed by atoms with Crippen molar-refractivity contribution in [3.63, 3.8) is 0 Å². The van der Waals surface area contributed by atoms with Crippen LogP contribution in [0.3, 0.4) is 0 Å². The lowest BCUT2D eigenvalue weighted by atomic mass is 9.89. The van der Waals surface area contributed by atoms with Crippen LogP contribution in [0.1, 0.15) is 25.0 Å². The number of H-pyrrole nitrogens is 1. The number of aromatic amines is 1. The summed E-state index contributed by atoms with van der Waals surface area (Å²) in [5.74, 6) is 0.583. The van der Waals surface area contributed by atoms with Gasteiger partial charge in [-0.2, -0.15) is 0 Å². The van der Waals surface area contributed by atoms with Crippen molar-refractivity contribution in [1.29, 1.82) is 0 Å². The van der Waals surface area contributed by atoms with E-state index in [1.807, 2.05) is 30.3 Å². The number of likely N-dealkylation sites (N-methyl/N-ethyl adjacent to an activating group) is 1. The normalized spacial score (nSPS) is 23.5. The Bertz CT molecular complexity index is 700. The number of hydrogen-bond donors (Lipinski definition) is 2. The second kappa shape index (κ2) is 7.98. The van der Waals surface area contributed by atoms with Crippen molar-refractivity contribution in [1.82, 2.24) is 14.9 Å². The molecule has 0 aliphatic heterocycles. The molecule has 0 bridgehead atoms. The van der Waals surface area contributed by atoms with Crippen molar-refractivity contribution in [3.05, 3.63) is 54.6 Å². The summed E-state index contributed by atoms with van der Waals surface area (Å²) in [7, 11) is 1.72. The molecule has 132 valence electrons. The number of hydrogen-bond acceptors (Lipinski definition) is 4. The molecule has 1 aliphatic carbocycles. The Morgan fingerprint density at radius 3 is 2.88 bits per heavy atom. The van der Waals surface area contributed by atoms with Crippen LogP contribution in [0.25, 0.3) is 6.08 Å². The maximum absolute atomic E-state index is 12.4. The number of carbonyl (C=O) groups excluding carboxylic acids is 1. The zero-order valence-electron chi connectivity index (χ0n) is 14.2. The van der Waals surface area contributed by atoms with Crippen LogP contribution in [0.5, 0.6) is 5.75 Å². The molecule has 1 aromatic carbocycles. The summed E-state index contributed by atoms with van der Waals surface area (Å²) >= 11 is 0. The SMILES string of the molecule is CN(C(=O)C=Cc1cnc[nH]1)[C@@H]1CCC[C@@H](Oc2ccccc2)[C@@H]1O. The molecule has 6 heteroatoms. The fourth-order valence-corrected chi connectivity index (χ4v) is 3.14. The Morgan fingerprint density at radius 1 is 1.36 bits per heavy atom. The van der Waals surface area contributed by atoms with Crippen LogP contribution in [0.4, 0.5) is 0 Å². The Kier molecular flexibility index (Phi) is 5.50. The zero-order chi connectivity index (χ0) is 17.6. The number of rotatable bonds is 5. The van der Waals surface area contributed by atoms with E-state index in [2.05, 4.69) is 9.97 Å². The van der Waals surface area contributed by atoms with Gasteiger partial charge in [0.25, 0.3) is 0 Å². The van der Waals surface area contributed by atoms with E-state index in [1.54, 1.807) is 30.5 Å². The minimum Gasteiger partial charge on any atom is -0.488 e. The maximum atomic E-state index is 12.4. The van der Waals surface area contributed by atoms with E-state index in [4.69, 9.17) is 4.74 Å². The smallest absolute Gasteiger partial charge is 0.246 e. The van der Waals surface area contributed by atoms with Gasteiger partial charge in [-0.1, -0.05) is 18.2 Å². The van der Waals surface area contributed by atoms with Crippen LogP contribution in [-0.4, -0.2) is 51.2 Å². The number of aromatic nitrogens is 2. The van der Waals surface area contributed by atoms with Gasteiger partial charge in [-0.25, -0.2) is 4.98 Å². The van der Waals surface area contributed by atoms with E-state index in [0.717, 1.165) is 30.7 Å². The van der Waals surface area contributed by atoms with Gasteiger partial charge in [-0.15, -0.1) is 0 Å². The van der Waals surface area contributed by atoms with E-state index in [9.17, 15) is 9.90 Å². The van der Waals surface area contributed by atoms with Crippen molar-refractivity contribution in [2.45, 2.75) is 37.5 Å². The molecule has 1 aliphatic rings. The number of para-hydroxylation sites is 1. The zero-order valence-corrected chi connectivity index (χ0v) is 14.2. The van der Waals surface area contributed by atoms with Gasteiger partial charge < -0.3 is 19.7 Å². The average Bonchev–Trinajstić information content (AvgIpc) is 3.15. The second-order valence-corrected chi connectivity index (χ2v) is 6.25. The first-order valence-electron chi connectivity index (χ1n) is 8.48. The summed E-state index contributed by atoms with van der Waals surface area (Å²) in [4.78, 5) is 20.8. The van der Waals surface area contributed by atoms with Gasteiger partial charge >= 0.3 is 0 Å². The van der Waals surface area contributed by atoms with Crippen LogP contribution in [0.2, 0.25) is 0 Å². The number of nitrogens with one attached hydrogen (secondary N) is 1. The number of amides is 1. The van der Waals surface area contributed by atoms with Gasteiger partial charge in [0.15, 0.2) is 0 Å². The maximum Gasteiger partial charge on any atom is 0.246 e. The topological polar surface area (TPSA) is 78.5 Å². The third-order valence-electron chi connectivity index (χ3n) is 4.56. The number of imidazole rings is 1. The van der Waals surface area contributed by atoms with Gasteiger partial charge in [0.05, 0.1) is 24.3 Å². The molecule has 1 amide bonds. The molecule has 0 saturated heterocycles. The highest BCUT2D eigenvalue weighted by molar-refractivity contribution is 5.91. The molecule has 0 spiro atoms. The van der Waals surface area contributed by atoms with E-state index in [0.29, 0.717) is 0 Å². The van der Waals surface area contributed by atoms with Crippen LogP contribution >= 0.6 is 0 Å². The highest BCUT2D eigenvalue weighted by atomic mass is 16.5. The molecular weight excluding hydrogens is 318 g/mol. The summed E-state index contributed by atoms with van der Waals surface area (Å²) in [6.07, 6.45) is 7.78. The Balaban J connectivity index is 1.63. The first-order chi connectivity index (χ1) is 12.1. The summed E-state index contributed by atoms with van der Waals surface area (Å²) in [6, 6.07) is 9.21. The third kappa shape index (κ3) is 4.28. The van der Waals surface area contributed by atoms with Crippen molar-refractivity contribution >= 4 is 12.0 Å². The molecular formula is C19H23N3O3. The van der Waals surface area contributed by atoms with E-state index >= 15 is 0 Å². The van der Waals surface area contributed by atoms with Crippen LogP contribution < -0.4 is 4.74 Å². The number of benzene rings is 1. The second-order valence-electron chi connectivity index (χ2n) is 6.25. The van der Waals surface area contributed by atoms with Crippen molar-refractivity contribution in [2.75, 3.05) is 7.05 Å². The Hall–Kier alpha value is -2.60. The number of carbonyl (C=O) groups is 1. The first kappa shape index (κ1) is 17.2. The number of ether oxygens (including phenoxy) is 1. The summed E-state index contributed by atoms with van der Waals surface area (Å²) in [5, 5.41) is 10.7. The number of nitrogens with zero attached hydrogens (tertiary/aromatic N) is 2. The fraction of sp³-hybridized carbons (Fsp3) is 0.368. The molecule has 0 unspecified atom stereocenters. The summed E-state index contributed by atoms with van der Waals surface area (Å²) < 4.78 is 5.93. The molecule has 1 fully saturated rings. The minimum atomic E-state index is -0.719. The van der Waals surface area contributed by atoms with Gasteiger partial charge in [0, 0.05) is 13.1 Å². The van der Waals surface area contributed by atoms with Gasteiger partial charge in [-0.3, -0.25) is 4.79 Å². The molecule has 1 heterocycles. The lowest BCUT2D eigenvalue weighted by molar-refractivity contribution is -0.132. The first-order valence-corrected chi connectivity index (χ1v) is 8.48. The molecule has 0 radical (unpaired) electrons. The van der Waals surface area contributed by atoms with Crippen LogP contribution in [0.15, 0.2) is 48.9 Å². The van der Waals surface area contributed by atoms with E-state index < -0.39 is 6.10 Å². The molecule has 1 saturated carbocycles. The summed E-state index contributed by atoms with van der Waals surface area (Å²) in [5.41, 5.74) is 0.760. The molecule has 2 aromatic rings. The average molecular weight is 341 g/mol. The van der Waals surface area contributed by atoms with Crippen molar-refractivity contribution in [2.24, 2.45) is 0 Å². The molecule has 6 nitrogen and oxygen atoms in total. The van der Waals surface area contributed by atoms with E-state index in [-0.39, 0.29) is 18.1 Å². The Morgan fingerprint density at radius 2 is 2.16 bits per heavy atom. The number of aliphatic hydroxyl groups excluding tert-OH is 1. The molecule has 3 rings (SSSR count). The highest BCUT2D eigenvalue weighted by Gasteiger charge is 2.36. The third-order valence-corrected chi connectivity index (χ3v) is 4.56. The van der Waals surface area contributed by atoms with Gasteiger partial charge in [0.1, 0.15) is 18.0 Å². The Labute approximate surface area is 147 Å². The largest absolute Gasteiger partial charge is 0.488 e. The van der Waals surface area contributed by atoms with Gasteiger partial charge in [0.2, 0.25) is 5.91 Å². The van der Waals surface area contributed by atoms with E-state index in [1.165, 1.54) is 6.08 Å². The van der Waals surface area contributed by atoms with Crippen molar-refractivity contribution in [3.8, 4) is 5.75 Å². The number of aliphatic hydroxyl groups is 1. The quantitative estimate of drug-likeness (QED) is 0.818. The lowest BCUT2D eigenvalue weighted by Crippen LogP contribution is -2.53. The fourth-order valence-electron chi connectivity index (χ4n) is 3.14. The monoisotopic (exact) mass is 341 g/mol. The molecule has 25 heavy (non-hydrogen) atoms. The lowest BCUT2D eigenvalue weighted by Gasteiger charge is -2.39. The van der Waals surface area contributed by atoms with Gasteiger partial charge in [-0.05, 0) is 37.5 Å². The predicted molar refractivity (Wildman–Crippen MR) is 94.9 cm³/mol. The van der Waals surface area contributed by atoms with Crippen molar-refractivity contribution < 1.29 is 14.6 Å². The highest BCUT2D eigenvalue weighted by Crippen LogP contribution is 2.27.